The first kappa shape index (κ1) is 25.9. The Balaban J connectivity index is 1.43. The molecule has 0 radical (unpaired) electrons. The van der Waals surface area contributed by atoms with Crippen molar-refractivity contribution >= 4 is 12.6 Å². The zero-order valence-corrected chi connectivity index (χ0v) is 20.8. The molecule has 4 aromatic rings. The number of amidine groups is 1. The van der Waals surface area contributed by atoms with Crippen LogP contribution in [0.25, 0.3) is 22.5 Å². The average Bonchev–Trinajstić information content (AvgIpc) is 3.29. The molecule has 0 saturated carbocycles. The Morgan fingerprint density at radius 3 is 2.22 bits per heavy atom. The quantitative estimate of drug-likeness (QED) is 0.149. The van der Waals surface area contributed by atoms with Gasteiger partial charge in [0, 0.05) is 24.4 Å². The van der Waals surface area contributed by atoms with Crippen LogP contribution in [0.5, 0.6) is 0 Å². The highest BCUT2D eigenvalue weighted by molar-refractivity contribution is 6.01. The van der Waals surface area contributed by atoms with Gasteiger partial charge in [-0.05, 0) is 34.9 Å². The minimum Gasteiger partial charge on any atom is -0.389 e. The summed E-state index contributed by atoms with van der Waals surface area (Å²) in [7, 11) is 1.53. The van der Waals surface area contributed by atoms with E-state index in [0.29, 0.717) is 17.3 Å². The number of aromatic nitrogens is 2. The van der Waals surface area contributed by atoms with Crippen molar-refractivity contribution in [2.45, 2.75) is 32.5 Å². The summed E-state index contributed by atoms with van der Waals surface area (Å²) in [5, 5.41) is 4.13. The molecule has 0 unspecified atom stereocenters. The van der Waals surface area contributed by atoms with Crippen molar-refractivity contribution in [3.05, 3.63) is 101 Å². The lowest BCUT2D eigenvalue weighted by Gasteiger charge is -2.13. The van der Waals surface area contributed by atoms with Crippen LogP contribution in [0.3, 0.4) is 0 Å². The van der Waals surface area contributed by atoms with E-state index >= 15 is 0 Å². The van der Waals surface area contributed by atoms with Gasteiger partial charge in [-0.15, -0.1) is 0 Å². The molecule has 0 saturated heterocycles. The lowest BCUT2D eigenvalue weighted by Crippen LogP contribution is -2.04. The van der Waals surface area contributed by atoms with E-state index in [9.17, 15) is 13.2 Å². The number of halogens is 3. The number of rotatable bonds is 7. The minimum absolute atomic E-state index is 0.160. The Hall–Kier alpha value is -4.20. The highest BCUT2D eigenvalue weighted by Crippen LogP contribution is 2.31. The largest absolute Gasteiger partial charge is 0.434 e. The van der Waals surface area contributed by atoms with Gasteiger partial charge < -0.3 is 9.40 Å². The van der Waals surface area contributed by atoms with E-state index < -0.39 is 11.9 Å². The van der Waals surface area contributed by atoms with Gasteiger partial charge in [0.05, 0.1) is 0 Å². The SMILES string of the molecule is C=N/C(=N\OCc1ccc(-c2nc(C(F)(F)F)cn2C)cc1)c1ccc(-c2ccccc2C(C)C)cc1. The summed E-state index contributed by atoms with van der Waals surface area (Å²) in [5.41, 5.74) is 4.78. The first-order valence-corrected chi connectivity index (χ1v) is 11.7. The number of oxime groups is 1. The molecule has 8 heteroatoms. The predicted octanol–water partition coefficient (Wildman–Crippen LogP) is 7.48. The van der Waals surface area contributed by atoms with Gasteiger partial charge in [-0.3, -0.25) is 0 Å². The molecule has 0 spiro atoms. The van der Waals surface area contributed by atoms with Crippen molar-refractivity contribution in [1.29, 1.82) is 0 Å². The number of aliphatic imine (C=N–C) groups is 1. The van der Waals surface area contributed by atoms with Crippen molar-refractivity contribution in [3.8, 4) is 22.5 Å². The maximum atomic E-state index is 12.9. The molecule has 0 atom stereocenters. The Morgan fingerprint density at radius 1 is 0.973 bits per heavy atom. The molecule has 4 rings (SSSR count). The third-order valence-corrected chi connectivity index (χ3v) is 5.95. The van der Waals surface area contributed by atoms with Crippen molar-refractivity contribution in [1.82, 2.24) is 9.55 Å². The fourth-order valence-corrected chi connectivity index (χ4v) is 4.02. The van der Waals surface area contributed by atoms with E-state index in [1.165, 1.54) is 22.7 Å². The molecule has 1 heterocycles. The van der Waals surface area contributed by atoms with Crippen LogP contribution in [0.2, 0.25) is 0 Å². The van der Waals surface area contributed by atoms with Crippen molar-refractivity contribution in [2.75, 3.05) is 0 Å². The van der Waals surface area contributed by atoms with Gasteiger partial charge in [0.15, 0.2) is 11.5 Å². The summed E-state index contributed by atoms with van der Waals surface area (Å²) in [6.07, 6.45) is -3.52. The first-order chi connectivity index (χ1) is 17.7. The second-order valence-electron chi connectivity index (χ2n) is 8.92. The fraction of sp³-hybridized carbons (Fsp3) is 0.207. The maximum Gasteiger partial charge on any atom is 0.434 e. The molecule has 190 valence electrons. The van der Waals surface area contributed by atoms with Crippen LogP contribution in [0.1, 0.15) is 42.1 Å². The van der Waals surface area contributed by atoms with E-state index in [1.807, 2.05) is 36.4 Å². The van der Waals surface area contributed by atoms with E-state index in [1.54, 1.807) is 24.3 Å². The maximum absolute atomic E-state index is 12.9. The van der Waals surface area contributed by atoms with Gasteiger partial charge in [-0.2, -0.15) is 13.2 Å². The summed E-state index contributed by atoms with van der Waals surface area (Å²) in [4.78, 5) is 13.2. The van der Waals surface area contributed by atoms with Gasteiger partial charge in [-0.25, -0.2) is 9.98 Å². The Labute approximate surface area is 214 Å². The number of hydrogen-bond acceptors (Lipinski definition) is 3. The highest BCUT2D eigenvalue weighted by Gasteiger charge is 2.34. The monoisotopic (exact) mass is 504 g/mol. The van der Waals surface area contributed by atoms with E-state index in [0.717, 1.165) is 22.9 Å². The van der Waals surface area contributed by atoms with Gasteiger partial charge in [-0.1, -0.05) is 91.8 Å². The summed E-state index contributed by atoms with van der Waals surface area (Å²) in [6.45, 7) is 8.11. The van der Waals surface area contributed by atoms with Crippen LogP contribution >= 0.6 is 0 Å². The lowest BCUT2D eigenvalue weighted by molar-refractivity contribution is -0.140. The molecule has 0 aliphatic heterocycles. The van der Waals surface area contributed by atoms with Crippen LogP contribution in [-0.4, -0.2) is 22.1 Å². The molecular weight excluding hydrogens is 477 g/mol. The molecule has 37 heavy (non-hydrogen) atoms. The third kappa shape index (κ3) is 5.97. The lowest BCUT2D eigenvalue weighted by atomic mass is 9.92. The van der Waals surface area contributed by atoms with Crippen molar-refractivity contribution in [3.63, 3.8) is 0 Å². The second-order valence-corrected chi connectivity index (χ2v) is 8.92. The van der Waals surface area contributed by atoms with Gasteiger partial charge in [0.1, 0.15) is 12.4 Å². The minimum atomic E-state index is -4.49. The van der Waals surface area contributed by atoms with Crippen molar-refractivity contribution < 1.29 is 18.0 Å². The molecule has 0 aliphatic rings. The zero-order valence-electron chi connectivity index (χ0n) is 20.8. The summed E-state index contributed by atoms with van der Waals surface area (Å²) in [6, 6.07) is 23.2. The molecule has 0 N–H and O–H groups in total. The molecule has 1 aromatic heterocycles. The number of imidazole rings is 1. The summed E-state index contributed by atoms with van der Waals surface area (Å²) < 4.78 is 40.2. The summed E-state index contributed by atoms with van der Waals surface area (Å²) in [5.74, 6) is 0.995. The fourth-order valence-electron chi connectivity index (χ4n) is 4.02. The molecule has 3 aromatic carbocycles. The van der Waals surface area contributed by atoms with Crippen LogP contribution < -0.4 is 0 Å². The highest BCUT2D eigenvalue weighted by atomic mass is 19.4. The number of aryl methyl sites for hydroxylation is 1. The van der Waals surface area contributed by atoms with Gasteiger partial charge in [0.25, 0.3) is 0 Å². The van der Waals surface area contributed by atoms with Gasteiger partial charge in [0.2, 0.25) is 0 Å². The molecule has 0 aliphatic carbocycles. The van der Waals surface area contributed by atoms with Crippen molar-refractivity contribution in [2.24, 2.45) is 17.2 Å². The summed E-state index contributed by atoms with van der Waals surface area (Å²) >= 11 is 0. The standard InChI is InChI=1S/C29H27F3N4O/c1-19(2)24-7-5-6-8-25(24)21-13-15-22(16-14-21)27(33-3)35-37-18-20-9-11-23(12-10-20)28-34-26(17-36(28)4)29(30,31)32/h5-17,19H,3,18H2,1-2,4H3/b35-27-. The molecule has 5 nitrogen and oxygen atoms in total. The smallest absolute Gasteiger partial charge is 0.389 e. The van der Waals surface area contributed by atoms with Crippen LogP contribution in [0.4, 0.5) is 13.2 Å². The molecular formula is C29H27F3N4O. The number of alkyl halides is 3. The average molecular weight is 505 g/mol. The second kappa shape index (κ2) is 10.8. The van der Waals surface area contributed by atoms with Crippen LogP contribution in [0, 0.1) is 0 Å². The molecule has 0 bridgehead atoms. The molecule has 0 amide bonds. The normalized spacial score (nSPS) is 12.1. The number of nitrogens with zero attached hydrogens (tertiary/aromatic N) is 4. The van der Waals surface area contributed by atoms with E-state index in [4.69, 9.17) is 4.84 Å². The zero-order chi connectivity index (χ0) is 26.6. The Kier molecular flexibility index (Phi) is 7.57. The van der Waals surface area contributed by atoms with Crippen LogP contribution in [0.15, 0.2) is 89.1 Å². The third-order valence-electron chi connectivity index (χ3n) is 5.95. The number of hydrogen-bond donors (Lipinski definition) is 0. The van der Waals surface area contributed by atoms with E-state index in [2.05, 4.69) is 47.8 Å². The first-order valence-electron chi connectivity index (χ1n) is 11.7. The van der Waals surface area contributed by atoms with Gasteiger partial charge >= 0.3 is 6.18 Å². The van der Waals surface area contributed by atoms with Crippen LogP contribution in [-0.2, 0) is 24.7 Å². The van der Waals surface area contributed by atoms with E-state index in [-0.39, 0.29) is 12.4 Å². The molecule has 0 fully saturated rings. The predicted molar refractivity (Wildman–Crippen MR) is 140 cm³/mol. The Morgan fingerprint density at radius 2 is 1.62 bits per heavy atom. The topological polar surface area (TPSA) is 51.8 Å². The number of benzene rings is 3. The Bertz CT molecular complexity index is 1400.